The molecule has 0 radical (unpaired) electrons. The minimum absolute atomic E-state index is 0.119. The van der Waals surface area contributed by atoms with Gasteiger partial charge >= 0.3 is 0 Å². The maximum atomic E-state index is 12.6. The van der Waals surface area contributed by atoms with E-state index in [0.29, 0.717) is 30.2 Å². The van der Waals surface area contributed by atoms with Gasteiger partial charge in [0.25, 0.3) is 0 Å². The first kappa shape index (κ1) is 19.4. The van der Waals surface area contributed by atoms with E-state index in [0.717, 1.165) is 5.75 Å². The van der Waals surface area contributed by atoms with E-state index in [2.05, 4.69) is 10.6 Å². The molecule has 2 aromatic rings. The van der Waals surface area contributed by atoms with Gasteiger partial charge in [0.2, 0.25) is 17.7 Å². The number of nitrogens with zero attached hydrogens (tertiary/aromatic N) is 1. The number of anilines is 3. The lowest BCUT2D eigenvalue weighted by Crippen LogP contribution is -2.28. The number of amides is 3. The lowest BCUT2D eigenvalue weighted by molar-refractivity contribution is -0.122. The van der Waals surface area contributed by atoms with Crippen molar-refractivity contribution in [2.75, 3.05) is 28.7 Å². The van der Waals surface area contributed by atoms with E-state index >= 15 is 0 Å². The molecule has 1 aliphatic rings. The molecule has 0 saturated carbocycles. The molecular formula is C21H23N3O4. The number of carbonyl (C=O) groups excluding carboxylic acids is 3. The monoisotopic (exact) mass is 381 g/mol. The summed E-state index contributed by atoms with van der Waals surface area (Å²) in [5.74, 6) is -0.201. The number of nitrogens with one attached hydrogen (secondary N) is 2. The van der Waals surface area contributed by atoms with Gasteiger partial charge in [-0.1, -0.05) is 6.07 Å². The Balaban J connectivity index is 1.65. The first-order chi connectivity index (χ1) is 13.5. The van der Waals surface area contributed by atoms with Gasteiger partial charge in [0.15, 0.2) is 0 Å². The fourth-order valence-electron chi connectivity index (χ4n) is 3.13. The van der Waals surface area contributed by atoms with Gasteiger partial charge in [-0.2, -0.15) is 0 Å². The lowest BCUT2D eigenvalue weighted by Gasteiger charge is -2.18. The molecule has 146 valence electrons. The van der Waals surface area contributed by atoms with E-state index in [1.54, 1.807) is 53.4 Å². The molecule has 2 N–H and O–H groups in total. The van der Waals surface area contributed by atoms with Crippen molar-refractivity contribution in [2.24, 2.45) is 5.92 Å². The van der Waals surface area contributed by atoms with Crippen LogP contribution >= 0.6 is 0 Å². The highest BCUT2D eigenvalue weighted by Gasteiger charge is 2.35. The highest BCUT2D eigenvalue weighted by atomic mass is 16.5. The minimum Gasteiger partial charge on any atom is -0.494 e. The Morgan fingerprint density at radius 3 is 2.54 bits per heavy atom. The Morgan fingerprint density at radius 2 is 1.86 bits per heavy atom. The van der Waals surface area contributed by atoms with Gasteiger partial charge in [-0.15, -0.1) is 0 Å². The standard InChI is InChI=1S/C21H23N3O4/c1-3-28-19-9-7-16(8-10-19)23-21(27)15-11-20(26)24(13-15)18-6-4-5-17(12-18)22-14(2)25/h4-10,12,15H,3,11,13H2,1-2H3,(H,22,25)(H,23,27)/t15-/m0/s1. The summed E-state index contributed by atoms with van der Waals surface area (Å²) < 4.78 is 5.39. The molecule has 28 heavy (non-hydrogen) atoms. The third-order valence-corrected chi connectivity index (χ3v) is 4.41. The van der Waals surface area contributed by atoms with Crippen LogP contribution in [0.25, 0.3) is 0 Å². The summed E-state index contributed by atoms with van der Waals surface area (Å²) in [6.45, 7) is 4.21. The van der Waals surface area contributed by atoms with Gasteiger partial charge in [-0.05, 0) is 49.4 Å². The fourth-order valence-corrected chi connectivity index (χ4v) is 3.13. The van der Waals surface area contributed by atoms with Crippen LogP contribution in [0, 0.1) is 5.92 Å². The van der Waals surface area contributed by atoms with Gasteiger partial charge < -0.3 is 20.3 Å². The molecule has 1 heterocycles. The van der Waals surface area contributed by atoms with Crippen LogP contribution in [0.4, 0.5) is 17.1 Å². The van der Waals surface area contributed by atoms with Crippen molar-refractivity contribution in [3.8, 4) is 5.75 Å². The molecule has 0 unspecified atom stereocenters. The van der Waals surface area contributed by atoms with Gasteiger partial charge in [0.05, 0.1) is 12.5 Å². The maximum Gasteiger partial charge on any atom is 0.229 e. The van der Waals surface area contributed by atoms with Crippen molar-refractivity contribution in [1.29, 1.82) is 0 Å². The third kappa shape index (κ3) is 4.68. The predicted octanol–water partition coefficient (Wildman–Crippen LogP) is 3.04. The Kier molecular flexibility index (Phi) is 5.93. The van der Waals surface area contributed by atoms with Gasteiger partial charge in [-0.25, -0.2) is 0 Å². The normalized spacial score (nSPS) is 16.0. The number of rotatable bonds is 6. The zero-order chi connectivity index (χ0) is 20.1. The zero-order valence-electron chi connectivity index (χ0n) is 15.9. The maximum absolute atomic E-state index is 12.6. The van der Waals surface area contributed by atoms with E-state index in [1.807, 2.05) is 6.92 Å². The van der Waals surface area contributed by atoms with Crippen molar-refractivity contribution in [1.82, 2.24) is 0 Å². The number of benzene rings is 2. The number of hydrogen-bond acceptors (Lipinski definition) is 4. The Morgan fingerprint density at radius 1 is 1.11 bits per heavy atom. The summed E-state index contributed by atoms with van der Waals surface area (Å²) in [4.78, 5) is 37.8. The van der Waals surface area contributed by atoms with Crippen molar-refractivity contribution in [3.63, 3.8) is 0 Å². The SMILES string of the molecule is CCOc1ccc(NC(=O)[C@H]2CC(=O)N(c3cccc(NC(C)=O)c3)C2)cc1. The molecule has 7 nitrogen and oxygen atoms in total. The average Bonchev–Trinajstić information content (AvgIpc) is 3.05. The van der Waals surface area contributed by atoms with Crippen molar-refractivity contribution < 1.29 is 19.1 Å². The van der Waals surface area contributed by atoms with Crippen molar-refractivity contribution >= 4 is 34.8 Å². The van der Waals surface area contributed by atoms with E-state index in [1.165, 1.54) is 6.92 Å². The van der Waals surface area contributed by atoms with E-state index < -0.39 is 5.92 Å². The number of hydrogen-bond donors (Lipinski definition) is 2. The molecule has 1 aliphatic heterocycles. The zero-order valence-corrected chi connectivity index (χ0v) is 15.9. The van der Waals surface area contributed by atoms with Crippen LogP contribution in [-0.4, -0.2) is 30.9 Å². The smallest absolute Gasteiger partial charge is 0.229 e. The molecule has 1 atom stereocenters. The van der Waals surface area contributed by atoms with Crippen LogP contribution in [0.15, 0.2) is 48.5 Å². The van der Waals surface area contributed by atoms with Crippen LogP contribution in [0.2, 0.25) is 0 Å². The largest absolute Gasteiger partial charge is 0.494 e. The van der Waals surface area contributed by atoms with Crippen LogP contribution in [-0.2, 0) is 14.4 Å². The minimum atomic E-state index is -0.441. The van der Waals surface area contributed by atoms with Crippen LogP contribution in [0.1, 0.15) is 20.3 Å². The topological polar surface area (TPSA) is 87.7 Å². The van der Waals surface area contributed by atoms with Crippen molar-refractivity contribution in [3.05, 3.63) is 48.5 Å². The summed E-state index contributed by atoms with van der Waals surface area (Å²) in [5, 5.41) is 5.55. The van der Waals surface area contributed by atoms with Crippen LogP contribution in [0.5, 0.6) is 5.75 Å². The van der Waals surface area contributed by atoms with Gasteiger partial charge in [0, 0.05) is 37.0 Å². The summed E-state index contributed by atoms with van der Waals surface area (Å²) in [5.41, 5.74) is 1.93. The van der Waals surface area contributed by atoms with E-state index in [-0.39, 0.29) is 24.1 Å². The Labute approximate surface area is 163 Å². The third-order valence-electron chi connectivity index (χ3n) is 4.41. The quantitative estimate of drug-likeness (QED) is 0.805. The van der Waals surface area contributed by atoms with Crippen LogP contribution in [0.3, 0.4) is 0 Å². The first-order valence-electron chi connectivity index (χ1n) is 9.18. The van der Waals surface area contributed by atoms with Crippen LogP contribution < -0.4 is 20.3 Å². The molecule has 0 spiro atoms. The second-order valence-electron chi connectivity index (χ2n) is 6.58. The molecule has 3 amide bonds. The summed E-state index contributed by atoms with van der Waals surface area (Å²) >= 11 is 0. The molecule has 3 rings (SSSR count). The molecule has 0 bridgehead atoms. The van der Waals surface area contributed by atoms with Gasteiger partial charge in [0.1, 0.15) is 5.75 Å². The molecule has 0 aromatic heterocycles. The highest BCUT2D eigenvalue weighted by Crippen LogP contribution is 2.28. The number of carbonyl (C=O) groups is 3. The second-order valence-corrected chi connectivity index (χ2v) is 6.58. The molecule has 2 aromatic carbocycles. The average molecular weight is 381 g/mol. The summed E-state index contributed by atoms with van der Waals surface area (Å²) in [6, 6.07) is 14.2. The first-order valence-corrected chi connectivity index (χ1v) is 9.18. The van der Waals surface area contributed by atoms with E-state index in [9.17, 15) is 14.4 Å². The summed E-state index contributed by atoms with van der Waals surface area (Å²) in [6.07, 6.45) is 0.146. The molecule has 1 saturated heterocycles. The van der Waals surface area contributed by atoms with Crippen molar-refractivity contribution in [2.45, 2.75) is 20.3 Å². The highest BCUT2D eigenvalue weighted by molar-refractivity contribution is 6.04. The van der Waals surface area contributed by atoms with Gasteiger partial charge in [-0.3, -0.25) is 14.4 Å². The molecule has 0 aliphatic carbocycles. The Bertz CT molecular complexity index is 879. The lowest BCUT2D eigenvalue weighted by atomic mass is 10.1. The molecular weight excluding hydrogens is 358 g/mol. The molecule has 7 heteroatoms. The molecule has 1 fully saturated rings. The predicted molar refractivity (Wildman–Crippen MR) is 107 cm³/mol. The number of ether oxygens (including phenoxy) is 1. The summed E-state index contributed by atoms with van der Waals surface area (Å²) in [7, 11) is 0. The van der Waals surface area contributed by atoms with E-state index in [4.69, 9.17) is 4.74 Å². The Hall–Kier alpha value is -3.35. The fraction of sp³-hybridized carbons (Fsp3) is 0.286. The second kappa shape index (κ2) is 8.56.